The van der Waals surface area contributed by atoms with E-state index in [1.165, 1.54) is 0 Å². The second kappa shape index (κ2) is 6.57. The van der Waals surface area contributed by atoms with Gasteiger partial charge in [0.1, 0.15) is 11.4 Å². The summed E-state index contributed by atoms with van der Waals surface area (Å²) < 4.78 is 5.48. The summed E-state index contributed by atoms with van der Waals surface area (Å²) >= 11 is 0. The van der Waals surface area contributed by atoms with Gasteiger partial charge in [-0.2, -0.15) is 0 Å². The Kier molecular flexibility index (Phi) is 5.36. The molecule has 0 bridgehead atoms. The minimum Gasteiger partial charge on any atom is -0.493 e. The first-order valence-electron chi connectivity index (χ1n) is 6.62. The van der Waals surface area contributed by atoms with Gasteiger partial charge in [0.15, 0.2) is 0 Å². The van der Waals surface area contributed by atoms with Crippen molar-refractivity contribution in [1.29, 1.82) is 0 Å². The molecular formula is C15H22O4. The van der Waals surface area contributed by atoms with Crippen molar-refractivity contribution in [1.82, 2.24) is 0 Å². The monoisotopic (exact) mass is 266 g/mol. The highest BCUT2D eigenvalue weighted by Gasteiger charge is 2.40. The molecule has 0 fully saturated rings. The van der Waals surface area contributed by atoms with Gasteiger partial charge < -0.3 is 14.9 Å². The highest BCUT2D eigenvalue weighted by Crippen LogP contribution is 2.37. The van der Waals surface area contributed by atoms with Gasteiger partial charge in [0.25, 0.3) is 0 Å². The zero-order valence-corrected chi connectivity index (χ0v) is 11.7. The lowest BCUT2D eigenvalue weighted by Gasteiger charge is -2.31. The van der Waals surface area contributed by atoms with Gasteiger partial charge in [-0.25, -0.2) is 0 Å². The summed E-state index contributed by atoms with van der Waals surface area (Å²) in [5.41, 5.74) is -0.925. The summed E-state index contributed by atoms with van der Waals surface area (Å²) in [5, 5.41) is 20.0. The van der Waals surface area contributed by atoms with Gasteiger partial charge in [0, 0.05) is 5.56 Å². The molecule has 4 nitrogen and oxygen atoms in total. The van der Waals surface area contributed by atoms with E-state index in [4.69, 9.17) is 4.74 Å². The van der Waals surface area contributed by atoms with Crippen LogP contribution in [0.25, 0.3) is 0 Å². The summed E-state index contributed by atoms with van der Waals surface area (Å²) in [6.45, 7) is 5.77. The van der Waals surface area contributed by atoms with E-state index in [-0.39, 0.29) is 0 Å². The number of carbonyl (C=O) groups is 1. The number of rotatable bonds is 7. The average molecular weight is 266 g/mol. The second-order valence-corrected chi connectivity index (χ2v) is 4.76. The first-order chi connectivity index (χ1) is 8.95. The lowest BCUT2D eigenvalue weighted by molar-refractivity contribution is -0.152. The molecular weight excluding hydrogens is 244 g/mol. The Morgan fingerprint density at radius 2 is 2.00 bits per heavy atom. The van der Waals surface area contributed by atoms with E-state index in [2.05, 4.69) is 0 Å². The molecule has 0 aliphatic rings. The van der Waals surface area contributed by atoms with Crippen molar-refractivity contribution in [3.63, 3.8) is 0 Å². The molecule has 19 heavy (non-hydrogen) atoms. The average Bonchev–Trinajstić information content (AvgIpc) is 2.36. The molecule has 2 N–H and O–H groups in total. The third-order valence-corrected chi connectivity index (χ3v) is 3.29. The third kappa shape index (κ3) is 3.47. The number of benzene rings is 1. The van der Waals surface area contributed by atoms with Crippen LogP contribution in [0, 0.1) is 5.92 Å². The number of hydrogen-bond acceptors (Lipinski definition) is 3. The van der Waals surface area contributed by atoms with Crippen molar-refractivity contribution in [2.75, 3.05) is 6.61 Å². The molecule has 0 spiro atoms. The molecule has 2 atom stereocenters. The Morgan fingerprint density at radius 3 is 2.53 bits per heavy atom. The van der Waals surface area contributed by atoms with E-state index >= 15 is 0 Å². The van der Waals surface area contributed by atoms with E-state index < -0.39 is 17.5 Å². The second-order valence-electron chi connectivity index (χ2n) is 4.76. The molecule has 1 aromatic carbocycles. The maximum Gasteiger partial charge on any atom is 0.309 e. The van der Waals surface area contributed by atoms with Crippen molar-refractivity contribution in [2.24, 2.45) is 5.92 Å². The fourth-order valence-electron chi connectivity index (χ4n) is 2.29. The Labute approximate surface area is 114 Å². The zero-order valence-electron chi connectivity index (χ0n) is 11.7. The summed E-state index contributed by atoms with van der Waals surface area (Å²) in [7, 11) is 0. The van der Waals surface area contributed by atoms with Crippen LogP contribution >= 0.6 is 0 Å². The van der Waals surface area contributed by atoms with Crippen molar-refractivity contribution >= 4 is 5.97 Å². The van der Waals surface area contributed by atoms with Crippen LogP contribution in [-0.2, 0) is 10.4 Å². The van der Waals surface area contributed by atoms with Crippen molar-refractivity contribution in [3.8, 4) is 5.75 Å². The Balaban J connectivity index is 3.20. The quantitative estimate of drug-likeness (QED) is 0.796. The van der Waals surface area contributed by atoms with Crippen LogP contribution in [0.5, 0.6) is 5.75 Å². The van der Waals surface area contributed by atoms with Crippen LogP contribution in [0.2, 0.25) is 0 Å². The van der Waals surface area contributed by atoms with Crippen LogP contribution in [0.4, 0.5) is 0 Å². The molecule has 0 amide bonds. The van der Waals surface area contributed by atoms with E-state index in [9.17, 15) is 15.0 Å². The largest absolute Gasteiger partial charge is 0.493 e. The van der Waals surface area contributed by atoms with E-state index in [0.29, 0.717) is 30.8 Å². The van der Waals surface area contributed by atoms with Crippen LogP contribution < -0.4 is 4.74 Å². The molecule has 0 heterocycles. The highest BCUT2D eigenvalue weighted by atomic mass is 16.5. The summed E-state index contributed by atoms with van der Waals surface area (Å²) in [4.78, 5) is 11.4. The molecule has 0 saturated carbocycles. The SMILES string of the molecule is CCCC(C(=O)O)C(C)(O)c1ccccc1OCC. The standard InChI is InChI=1S/C15H22O4/c1-4-8-12(14(16)17)15(3,18)11-9-6-7-10-13(11)19-5-2/h6-7,9-10,12,18H,4-5,8H2,1-3H3,(H,16,17). The lowest BCUT2D eigenvalue weighted by atomic mass is 9.80. The van der Waals surface area contributed by atoms with Gasteiger partial charge in [0.2, 0.25) is 0 Å². The van der Waals surface area contributed by atoms with Gasteiger partial charge in [-0.3, -0.25) is 4.79 Å². The summed E-state index contributed by atoms with van der Waals surface area (Å²) in [5.74, 6) is -1.30. The van der Waals surface area contributed by atoms with Crippen LogP contribution in [-0.4, -0.2) is 22.8 Å². The first-order valence-corrected chi connectivity index (χ1v) is 6.62. The Bertz CT molecular complexity index is 426. The molecule has 0 saturated heterocycles. The predicted molar refractivity (Wildman–Crippen MR) is 73.2 cm³/mol. The Morgan fingerprint density at radius 1 is 1.37 bits per heavy atom. The van der Waals surface area contributed by atoms with E-state index in [1.54, 1.807) is 31.2 Å². The minimum atomic E-state index is -1.45. The van der Waals surface area contributed by atoms with E-state index in [1.807, 2.05) is 13.8 Å². The maximum atomic E-state index is 11.4. The minimum absolute atomic E-state index is 0.419. The highest BCUT2D eigenvalue weighted by molar-refractivity contribution is 5.72. The molecule has 4 heteroatoms. The lowest BCUT2D eigenvalue weighted by Crippen LogP contribution is -2.37. The first kappa shape index (κ1) is 15.5. The number of ether oxygens (including phenoxy) is 1. The van der Waals surface area contributed by atoms with Gasteiger partial charge in [-0.05, 0) is 26.3 Å². The molecule has 0 aliphatic carbocycles. The van der Waals surface area contributed by atoms with Crippen molar-refractivity contribution in [2.45, 2.75) is 39.2 Å². The smallest absolute Gasteiger partial charge is 0.309 e. The third-order valence-electron chi connectivity index (χ3n) is 3.29. The predicted octanol–water partition coefficient (Wildman–Crippen LogP) is 2.79. The molecule has 0 aromatic heterocycles. The molecule has 106 valence electrons. The number of para-hydroxylation sites is 1. The molecule has 2 unspecified atom stereocenters. The van der Waals surface area contributed by atoms with Crippen LogP contribution in [0.15, 0.2) is 24.3 Å². The van der Waals surface area contributed by atoms with Gasteiger partial charge in [0.05, 0.1) is 12.5 Å². The van der Waals surface area contributed by atoms with Crippen molar-refractivity contribution in [3.05, 3.63) is 29.8 Å². The topological polar surface area (TPSA) is 66.8 Å². The number of carboxylic acid groups (broad SMARTS) is 1. The molecule has 1 aromatic rings. The normalized spacial score (nSPS) is 15.6. The summed E-state index contributed by atoms with van der Waals surface area (Å²) in [6.07, 6.45) is 1.12. The number of aliphatic hydroxyl groups is 1. The van der Waals surface area contributed by atoms with Gasteiger partial charge in [-0.1, -0.05) is 31.5 Å². The van der Waals surface area contributed by atoms with Crippen molar-refractivity contribution < 1.29 is 19.7 Å². The van der Waals surface area contributed by atoms with E-state index in [0.717, 1.165) is 0 Å². The number of hydrogen-bond donors (Lipinski definition) is 2. The van der Waals surface area contributed by atoms with Crippen LogP contribution in [0.1, 0.15) is 39.2 Å². The number of carboxylic acids is 1. The fraction of sp³-hybridized carbons (Fsp3) is 0.533. The number of aliphatic carboxylic acids is 1. The molecule has 0 aliphatic heterocycles. The fourth-order valence-corrected chi connectivity index (χ4v) is 2.29. The molecule has 0 radical (unpaired) electrons. The summed E-state index contributed by atoms with van der Waals surface area (Å²) in [6, 6.07) is 7.05. The maximum absolute atomic E-state index is 11.4. The Hall–Kier alpha value is -1.55. The van der Waals surface area contributed by atoms with Gasteiger partial charge >= 0.3 is 5.97 Å². The zero-order chi connectivity index (χ0) is 14.5. The molecule has 1 rings (SSSR count). The van der Waals surface area contributed by atoms with Gasteiger partial charge in [-0.15, -0.1) is 0 Å². The van der Waals surface area contributed by atoms with Crippen LogP contribution in [0.3, 0.4) is 0 Å².